The lowest BCUT2D eigenvalue weighted by Gasteiger charge is -2.13. The highest BCUT2D eigenvalue weighted by molar-refractivity contribution is 14.1. The van der Waals surface area contributed by atoms with E-state index in [0.717, 1.165) is 3.57 Å². The van der Waals surface area contributed by atoms with Gasteiger partial charge in [0.25, 0.3) is 0 Å². The van der Waals surface area contributed by atoms with Gasteiger partial charge in [0.2, 0.25) is 5.78 Å². The van der Waals surface area contributed by atoms with Crippen LogP contribution < -0.4 is 0 Å². The number of rotatable bonds is 4. The summed E-state index contributed by atoms with van der Waals surface area (Å²) in [6, 6.07) is 12.1. The quantitative estimate of drug-likeness (QED) is 0.447. The van der Waals surface area contributed by atoms with E-state index in [9.17, 15) is 14.0 Å². The molecule has 0 radical (unpaired) electrons. The van der Waals surface area contributed by atoms with Crippen LogP contribution in [-0.2, 0) is 4.74 Å². The van der Waals surface area contributed by atoms with Crippen LogP contribution in [0.4, 0.5) is 4.39 Å². The third-order valence-electron chi connectivity index (χ3n) is 2.88. The van der Waals surface area contributed by atoms with Crippen molar-refractivity contribution in [2.24, 2.45) is 0 Å². The number of hydrogen-bond acceptors (Lipinski definition) is 3. The molecule has 0 aliphatic rings. The van der Waals surface area contributed by atoms with Gasteiger partial charge < -0.3 is 4.74 Å². The topological polar surface area (TPSA) is 43.4 Å². The van der Waals surface area contributed by atoms with Crippen molar-refractivity contribution in [3.8, 4) is 0 Å². The molecule has 0 aromatic heterocycles. The van der Waals surface area contributed by atoms with Crippen molar-refractivity contribution in [3.05, 3.63) is 69.0 Å². The van der Waals surface area contributed by atoms with E-state index in [1.165, 1.54) is 31.2 Å². The Balaban J connectivity index is 2.09. The van der Waals surface area contributed by atoms with Crippen molar-refractivity contribution < 1.29 is 18.7 Å². The molecular formula is C16H12FIO3. The molecule has 21 heavy (non-hydrogen) atoms. The number of carbonyl (C=O) groups excluding carboxylic acids is 2. The van der Waals surface area contributed by atoms with E-state index in [1.54, 1.807) is 18.2 Å². The molecule has 0 fully saturated rings. The molecule has 0 saturated heterocycles. The highest BCUT2D eigenvalue weighted by Crippen LogP contribution is 2.15. The van der Waals surface area contributed by atoms with Gasteiger partial charge in [-0.15, -0.1) is 0 Å². The molecule has 2 rings (SSSR count). The predicted octanol–water partition coefficient (Wildman–Crippen LogP) is 3.86. The van der Waals surface area contributed by atoms with E-state index < -0.39 is 17.9 Å². The number of Topliss-reactive ketones (excluding diaryl/α,β-unsaturated/α-hetero) is 1. The van der Waals surface area contributed by atoms with Crippen molar-refractivity contribution in [1.29, 1.82) is 0 Å². The predicted molar refractivity (Wildman–Crippen MR) is 84.8 cm³/mol. The Morgan fingerprint density at radius 2 is 1.71 bits per heavy atom. The molecule has 0 saturated carbocycles. The van der Waals surface area contributed by atoms with Gasteiger partial charge in [-0.2, -0.15) is 0 Å². The lowest BCUT2D eigenvalue weighted by Crippen LogP contribution is -2.24. The molecule has 1 atom stereocenters. The summed E-state index contributed by atoms with van der Waals surface area (Å²) < 4.78 is 18.8. The van der Waals surface area contributed by atoms with Gasteiger partial charge >= 0.3 is 5.97 Å². The maximum Gasteiger partial charge on any atom is 0.339 e. The zero-order valence-corrected chi connectivity index (χ0v) is 13.3. The van der Waals surface area contributed by atoms with Crippen LogP contribution in [0.25, 0.3) is 0 Å². The number of hydrogen-bond donors (Lipinski definition) is 0. The van der Waals surface area contributed by atoms with Gasteiger partial charge in [-0.1, -0.05) is 12.1 Å². The van der Waals surface area contributed by atoms with Crippen LogP contribution in [0.1, 0.15) is 27.6 Å². The summed E-state index contributed by atoms with van der Waals surface area (Å²) in [4.78, 5) is 24.1. The van der Waals surface area contributed by atoms with Crippen molar-refractivity contribution in [1.82, 2.24) is 0 Å². The second kappa shape index (κ2) is 6.80. The number of esters is 1. The molecule has 0 N–H and O–H groups in total. The van der Waals surface area contributed by atoms with Gasteiger partial charge in [0, 0.05) is 9.13 Å². The number of ketones is 1. The van der Waals surface area contributed by atoms with Crippen LogP contribution in [0.5, 0.6) is 0 Å². The first-order valence-corrected chi connectivity index (χ1v) is 7.32. The van der Waals surface area contributed by atoms with E-state index in [1.807, 2.05) is 28.7 Å². The molecule has 0 heterocycles. The third-order valence-corrected chi connectivity index (χ3v) is 3.82. The second-order valence-electron chi connectivity index (χ2n) is 4.40. The highest BCUT2D eigenvalue weighted by Gasteiger charge is 2.21. The monoisotopic (exact) mass is 398 g/mol. The van der Waals surface area contributed by atoms with E-state index in [0.29, 0.717) is 11.1 Å². The molecule has 5 heteroatoms. The Morgan fingerprint density at radius 1 is 1.10 bits per heavy atom. The largest absolute Gasteiger partial charge is 0.451 e. The molecule has 2 aromatic carbocycles. The van der Waals surface area contributed by atoms with E-state index >= 15 is 0 Å². The molecule has 0 aliphatic carbocycles. The van der Waals surface area contributed by atoms with Gasteiger partial charge in [0.1, 0.15) is 5.82 Å². The Morgan fingerprint density at radius 3 is 2.33 bits per heavy atom. The van der Waals surface area contributed by atoms with E-state index in [2.05, 4.69) is 0 Å². The fourth-order valence-electron chi connectivity index (χ4n) is 1.75. The summed E-state index contributed by atoms with van der Waals surface area (Å²) >= 11 is 2.03. The number of benzene rings is 2. The summed E-state index contributed by atoms with van der Waals surface area (Å²) in [5, 5.41) is 0. The first kappa shape index (κ1) is 15.6. The second-order valence-corrected chi connectivity index (χ2v) is 5.56. The van der Waals surface area contributed by atoms with Crippen LogP contribution in [0, 0.1) is 9.39 Å². The molecule has 2 aromatic rings. The normalized spacial score (nSPS) is 11.8. The average molecular weight is 398 g/mol. The maximum absolute atomic E-state index is 12.8. The highest BCUT2D eigenvalue weighted by atomic mass is 127. The van der Waals surface area contributed by atoms with Gasteiger partial charge in [-0.25, -0.2) is 9.18 Å². The van der Waals surface area contributed by atoms with E-state index in [-0.39, 0.29) is 5.78 Å². The summed E-state index contributed by atoms with van der Waals surface area (Å²) in [6.45, 7) is 1.50. The molecule has 0 aliphatic heterocycles. The first-order chi connectivity index (χ1) is 9.99. The fraction of sp³-hybridized carbons (Fsp3) is 0.125. The van der Waals surface area contributed by atoms with Crippen molar-refractivity contribution >= 4 is 34.3 Å². The fourth-order valence-corrected chi connectivity index (χ4v) is 2.36. The van der Waals surface area contributed by atoms with Gasteiger partial charge in [0.05, 0.1) is 5.56 Å². The Bertz CT molecular complexity index is 667. The van der Waals surface area contributed by atoms with Crippen molar-refractivity contribution in [3.63, 3.8) is 0 Å². The minimum atomic E-state index is -0.932. The summed E-state index contributed by atoms with van der Waals surface area (Å²) in [5.74, 6) is -1.34. The first-order valence-electron chi connectivity index (χ1n) is 6.24. The van der Waals surface area contributed by atoms with Gasteiger partial charge in [-0.3, -0.25) is 4.79 Å². The summed E-state index contributed by atoms with van der Waals surface area (Å²) in [6.07, 6.45) is -0.932. The van der Waals surface area contributed by atoms with Gasteiger partial charge in [0.15, 0.2) is 6.10 Å². The molecule has 3 nitrogen and oxygen atoms in total. The van der Waals surface area contributed by atoms with Crippen molar-refractivity contribution in [2.75, 3.05) is 0 Å². The lowest BCUT2D eigenvalue weighted by atomic mass is 10.1. The zero-order valence-electron chi connectivity index (χ0n) is 11.2. The Labute approximate surface area is 135 Å². The SMILES string of the molecule is CC(OC(=O)c1ccccc1I)C(=O)c1ccc(F)cc1. The Hall–Kier alpha value is -1.76. The molecule has 0 bridgehead atoms. The smallest absolute Gasteiger partial charge is 0.339 e. The molecule has 0 spiro atoms. The van der Waals surface area contributed by atoms with Crippen LogP contribution in [0.2, 0.25) is 0 Å². The maximum atomic E-state index is 12.8. The van der Waals surface area contributed by atoms with Crippen molar-refractivity contribution in [2.45, 2.75) is 13.0 Å². The number of carbonyl (C=O) groups is 2. The molecule has 0 amide bonds. The molecule has 108 valence electrons. The lowest BCUT2D eigenvalue weighted by molar-refractivity contribution is 0.0317. The minimum absolute atomic E-state index is 0.305. The number of ether oxygens (including phenoxy) is 1. The van der Waals surface area contributed by atoms with Crippen LogP contribution in [-0.4, -0.2) is 17.9 Å². The zero-order chi connectivity index (χ0) is 15.4. The number of halogens is 2. The molecule has 1 unspecified atom stereocenters. The third kappa shape index (κ3) is 3.87. The summed E-state index contributed by atoms with van der Waals surface area (Å²) in [7, 11) is 0. The standard InChI is InChI=1S/C16H12FIO3/c1-10(15(19)11-6-8-12(17)9-7-11)21-16(20)13-4-2-3-5-14(13)18/h2-10H,1H3. The van der Waals surface area contributed by atoms with Crippen LogP contribution in [0.15, 0.2) is 48.5 Å². The van der Waals surface area contributed by atoms with E-state index in [4.69, 9.17) is 4.74 Å². The Kier molecular flexibility index (Phi) is 5.06. The van der Waals surface area contributed by atoms with Crippen LogP contribution >= 0.6 is 22.6 Å². The van der Waals surface area contributed by atoms with Gasteiger partial charge in [-0.05, 0) is 65.9 Å². The molecular weight excluding hydrogens is 386 g/mol. The average Bonchev–Trinajstić information content (AvgIpc) is 2.47. The minimum Gasteiger partial charge on any atom is -0.451 e. The van der Waals surface area contributed by atoms with Crippen LogP contribution in [0.3, 0.4) is 0 Å². The summed E-state index contributed by atoms with van der Waals surface area (Å²) in [5.41, 5.74) is 0.719.